The summed E-state index contributed by atoms with van der Waals surface area (Å²) in [5.74, 6) is 1.15. The van der Waals surface area contributed by atoms with Gasteiger partial charge in [-0.2, -0.15) is 5.10 Å². The van der Waals surface area contributed by atoms with Crippen LogP contribution in [0.1, 0.15) is 0 Å². The Hall–Kier alpha value is -1.68. The fraction of sp³-hybridized carbons (Fsp3) is 0.100. The number of nitrogen functional groups attached to an aromatic ring is 1. The van der Waals surface area contributed by atoms with Crippen molar-refractivity contribution in [2.75, 3.05) is 12.8 Å². The average Bonchev–Trinajstić information content (AvgIpc) is 2.64. The van der Waals surface area contributed by atoms with Crippen molar-refractivity contribution in [1.29, 1.82) is 0 Å². The van der Waals surface area contributed by atoms with Crippen molar-refractivity contribution in [2.45, 2.75) is 0 Å². The van der Waals surface area contributed by atoms with E-state index in [1.54, 1.807) is 19.4 Å². The third kappa shape index (κ3) is 1.64. The largest absolute Gasteiger partial charge is 0.496 e. The topological polar surface area (TPSA) is 63.9 Å². The molecule has 0 aliphatic carbocycles. The lowest BCUT2D eigenvalue weighted by molar-refractivity contribution is 0.416. The molecule has 0 bridgehead atoms. The Bertz CT molecular complexity index is 481. The van der Waals surface area contributed by atoms with Crippen LogP contribution in [-0.4, -0.2) is 17.3 Å². The highest BCUT2D eigenvalue weighted by Gasteiger charge is 2.13. The standard InChI is InChI=1S/C10H10ClN3O/c1-15-8-4-2-3-7(11)9(8)6-5-13-14-10(6)12/h2-5H,1H3,(H3,12,13,14). The van der Waals surface area contributed by atoms with Gasteiger partial charge in [-0.3, -0.25) is 5.10 Å². The van der Waals surface area contributed by atoms with E-state index in [2.05, 4.69) is 10.2 Å². The van der Waals surface area contributed by atoms with Crippen molar-refractivity contribution in [2.24, 2.45) is 0 Å². The second-order valence-electron chi connectivity index (χ2n) is 3.01. The summed E-state index contributed by atoms with van der Waals surface area (Å²) in [7, 11) is 1.59. The van der Waals surface area contributed by atoms with Gasteiger partial charge in [-0.15, -0.1) is 0 Å². The number of hydrogen-bond acceptors (Lipinski definition) is 3. The van der Waals surface area contributed by atoms with E-state index in [1.165, 1.54) is 0 Å². The minimum atomic E-state index is 0.474. The third-order valence-electron chi connectivity index (χ3n) is 2.13. The van der Waals surface area contributed by atoms with Crippen molar-refractivity contribution in [3.63, 3.8) is 0 Å². The molecule has 1 aromatic heterocycles. The predicted octanol–water partition coefficient (Wildman–Crippen LogP) is 2.32. The number of ether oxygens (including phenoxy) is 1. The van der Waals surface area contributed by atoms with E-state index in [9.17, 15) is 0 Å². The van der Waals surface area contributed by atoms with Crippen LogP contribution in [0.4, 0.5) is 5.82 Å². The highest BCUT2D eigenvalue weighted by atomic mass is 35.5. The van der Waals surface area contributed by atoms with Crippen LogP contribution >= 0.6 is 11.6 Å². The fourth-order valence-corrected chi connectivity index (χ4v) is 1.70. The summed E-state index contributed by atoms with van der Waals surface area (Å²) in [6.07, 6.45) is 1.62. The zero-order valence-electron chi connectivity index (χ0n) is 8.12. The normalized spacial score (nSPS) is 10.3. The Morgan fingerprint density at radius 1 is 1.47 bits per heavy atom. The molecule has 0 aliphatic rings. The van der Waals surface area contributed by atoms with Crippen molar-refractivity contribution >= 4 is 17.4 Å². The summed E-state index contributed by atoms with van der Waals surface area (Å²) >= 11 is 6.09. The smallest absolute Gasteiger partial charge is 0.128 e. The van der Waals surface area contributed by atoms with Crippen LogP contribution < -0.4 is 10.5 Å². The first-order valence-corrected chi connectivity index (χ1v) is 4.73. The SMILES string of the molecule is COc1cccc(Cl)c1-c1cn[nH]c1N. The van der Waals surface area contributed by atoms with E-state index in [4.69, 9.17) is 22.1 Å². The van der Waals surface area contributed by atoms with Crippen molar-refractivity contribution in [3.8, 4) is 16.9 Å². The molecule has 1 heterocycles. The van der Waals surface area contributed by atoms with E-state index in [0.29, 0.717) is 16.6 Å². The van der Waals surface area contributed by atoms with Gasteiger partial charge in [-0.1, -0.05) is 17.7 Å². The monoisotopic (exact) mass is 223 g/mol. The quantitative estimate of drug-likeness (QED) is 0.821. The van der Waals surface area contributed by atoms with Gasteiger partial charge >= 0.3 is 0 Å². The van der Waals surface area contributed by atoms with Gasteiger partial charge in [0.2, 0.25) is 0 Å². The molecule has 0 saturated carbocycles. The number of benzene rings is 1. The lowest BCUT2D eigenvalue weighted by atomic mass is 10.1. The van der Waals surface area contributed by atoms with E-state index < -0.39 is 0 Å². The summed E-state index contributed by atoms with van der Waals surface area (Å²) in [6, 6.07) is 5.43. The molecule has 0 unspecified atom stereocenters. The van der Waals surface area contributed by atoms with E-state index in [0.717, 1.165) is 11.1 Å². The Labute approximate surface area is 92.0 Å². The van der Waals surface area contributed by atoms with Gasteiger partial charge in [-0.05, 0) is 12.1 Å². The maximum Gasteiger partial charge on any atom is 0.128 e. The second kappa shape index (κ2) is 3.82. The number of nitrogens with zero attached hydrogens (tertiary/aromatic N) is 1. The van der Waals surface area contributed by atoms with Crippen LogP contribution in [0.5, 0.6) is 5.75 Å². The first-order valence-electron chi connectivity index (χ1n) is 4.35. The zero-order chi connectivity index (χ0) is 10.8. The van der Waals surface area contributed by atoms with Crippen LogP contribution in [0.2, 0.25) is 5.02 Å². The molecule has 78 valence electrons. The minimum Gasteiger partial charge on any atom is -0.496 e. The van der Waals surface area contributed by atoms with E-state index in [1.807, 2.05) is 12.1 Å². The number of nitrogens with two attached hydrogens (primary N) is 1. The Morgan fingerprint density at radius 2 is 2.27 bits per heavy atom. The average molecular weight is 224 g/mol. The molecule has 2 rings (SSSR count). The summed E-state index contributed by atoms with van der Waals surface area (Å²) < 4.78 is 5.22. The molecule has 0 atom stereocenters. The Kier molecular flexibility index (Phi) is 2.51. The molecule has 2 aromatic rings. The van der Waals surface area contributed by atoms with Gasteiger partial charge in [0, 0.05) is 11.1 Å². The van der Waals surface area contributed by atoms with Crippen molar-refractivity contribution < 1.29 is 4.74 Å². The Morgan fingerprint density at radius 3 is 2.87 bits per heavy atom. The van der Waals surface area contributed by atoms with Crippen molar-refractivity contribution in [1.82, 2.24) is 10.2 Å². The number of anilines is 1. The summed E-state index contributed by atoms with van der Waals surface area (Å²) in [6.45, 7) is 0. The highest BCUT2D eigenvalue weighted by Crippen LogP contribution is 2.38. The molecule has 0 radical (unpaired) electrons. The van der Waals surface area contributed by atoms with E-state index in [-0.39, 0.29) is 0 Å². The molecular weight excluding hydrogens is 214 g/mol. The molecule has 3 N–H and O–H groups in total. The number of halogens is 1. The van der Waals surface area contributed by atoms with Gasteiger partial charge in [0.1, 0.15) is 11.6 Å². The first kappa shape index (κ1) is 9.86. The van der Waals surface area contributed by atoms with Gasteiger partial charge in [0.05, 0.1) is 18.3 Å². The molecule has 0 spiro atoms. The van der Waals surface area contributed by atoms with Crippen LogP contribution in [0.15, 0.2) is 24.4 Å². The number of hydrogen-bond donors (Lipinski definition) is 2. The lowest BCUT2D eigenvalue weighted by Crippen LogP contribution is -1.92. The summed E-state index contributed by atoms with van der Waals surface area (Å²) in [5.41, 5.74) is 7.24. The molecule has 0 fully saturated rings. The maximum absolute atomic E-state index is 6.09. The maximum atomic E-state index is 6.09. The van der Waals surface area contributed by atoms with Crippen LogP contribution in [-0.2, 0) is 0 Å². The van der Waals surface area contributed by atoms with E-state index >= 15 is 0 Å². The van der Waals surface area contributed by atoms with Gasteiger partial charge in [0.25, 0.3) is 0 Å². The molecule has 0 saturated heterocycles. The molecule has 0 amide bonds. The zero-order valence-corrected chi connectivity index (χ0v) is 8.88. The van der Waals surface area contributed by atoms with Crippen molar-refractivity contribution in [3.05, 3.63) is 29.4 Å². The third-order valence-corrected chi connectivity index (χ3v) is 2.45. The lowest BCUT2D eigenvalue weighted by Gasteiger charge is -2.08. The highest BCUT2D eigenvalue weighted by molar-refractivity contribution is 6.33. The van der Waals surface area contributed by atoms with Crippen LogP contribution in [0.3, 0.4) is 0 Å². The van der Waals surface area contributed by atoms with Gasteiger partial charge < -0.3 is 10.5 Å². The van der Waals surface area contributed by atoms with Gasteiger partial charge in [0.15, 0.2) is 0 Å². The number of H-pyrrole nitrogens is 1. The molecule has 5 heteroatoms. The number of methoxy groups -OCH3 is 1. The summed E-state index contributed by atoms with van der Waals surface area (Å²) in [4.78, 5) is 0. The predicted molar refractivity (Wildman–Crippen MR) is 60.0 cm³/mol. The number of rotatable bonds is 2. The minimum absolute atomic E-state index is 0.474. The van der Waals surface area contributed by atoms with Crippen LogP contribution in [0, 0.1) is 0 Å². The summed E-state index contributed by atoms with van der Waals surface area (Å²) in [5, 5.41) is 7.10. The number of nitrogens with one attached hydrogen (secondary N) is 1. The molecule has 0 aliphatic heterocycles. The molecule has 15 heavy (non-hydrogen) atoms. The van der Waals surface area contributed by atoms with Crippen LogP contribution in [0.25, 0.3) is 11.1 Å². The molecule has 4 nitrogen and oxygen atoms in total. The molecule has 1 aromatic carbocycles. The molecular formula is C10H10ClN3O. The number of aromatic amines is 1. The van der Waals surface area contributed by atoms with Gasteiger partial charge in [-0.25, -0.2) is 0 Å². The first-order chi connectivity index (χ1) is 7.24. The fourth-order valence-electron chi connectivity index (χ4n) is 1.43. The number of aromatic nitrogens is 2. The second-order valence-corrected chi connectivity index (χ2v) is 3.42. The Balaban J connectivity index is 2.66.